The quantitative estimate of drug-likeness (QED) is 0.850. The highest BCUT2D eigenvalue weighted by Crippen LogP contribution is 2.16. The summed E-state index contributed by atoms with van der Waals surface area (Å²) in [5.41, 5.74) is 5.62. The van der Waals surface area contributed by atoms with Crippen LogP contribution in [0.25, 0.3) is 5.82 Å². The fourth-order valence-corrected chi connectivity index (χ4v) is 1.22. The fourth-order valence-electron chi connectivity index (χ4n) is 1.22. The van der Waals surface area contributed by atoms with Gasteiger partial charge in [-0.3, -0.25) is 4.57 Å². The van der Waals surface area contributed by atoms with Gasteiger partial charge in [0.25, 0.3) is 0 Å². The number of rotatable bonds is 3. The second-order valence-corrected chi connectivity index (χ2v) is 3.22. The van der Waals surface area contributed by atoms with Crippen molar-refractivity contribution in [2.24, 2.45) is 12.8 Å². The molecule has 98 valence electrons. The molecule has 0 saturated heterocycles. The molecule has 9 heteroatoms. The molecule has 0 amide bonds. The van der Waals surface area contributed by atoms with E-state index < -0.39 is 6.61 Å². The van der Waals surface area contributed by atoms with E-state index >= 15 is 0 Å². The fraction of sp³-hybridized carbons (Fsp3) is 0.222. The van der Waals surface area contributed by atoms with Crippen molar-refractivity contribution in [3.8, 4) is 11.7 Å². The van der Waals surface area contributed by atoms with E-state index in [-0.39, 0.29) is 5.88 Å². The number of aromatic nitrogens is 4. The third kappa shape index (κ3) is 3.77. The zero-order chi connectivity index (χ0) is 13.5. The highest BCUT2D eigenvalue weighted by atomic mass is 32.1. The Kier molecular flexibility index (Phi) is 5.18. The van der Waals surface area contributed by atoms with E-state index in [1.54, 1.807) is 30.3 Å². The number of aryl methyl sites for hydroxylation is 1. The Labute approximate surface area is 107 Å². The van der Waals surface area contributed by atoms with Crippen LogP contribution in [0.4, 0.5) is 8.78 Å². The smallest absolute Gasteiger partial charge is 0.388 e. The molecule has 0 aliphatic carbocycles. The molecule has 0 aliphatic rings. The molecule has 0 spiro atoms. The zero-order valence-electron chi connectivity index (χ0n) is 9.40. The Hall–Kier alpha value is -2.03. The van der Waals surface area contributed by atoms with Gasteiger partial charge in [-0.1, -0.05) is 12.2 Å². The van der Waals surface area contributed by atoms with Gasteiger partial charge in [0, 0.05) is 25.5 Å². The van der Waals surface area contributed by atoms with Gasteiger partial charge in [-0.2, -0.15) is 8.78 Å². The van der Waals surface area contributed by atoms with Gasteiger partial charge in [0.2, 0.25) is 5.88 Å². The van der Waals surface area contributed by atoms with Gasteiger partial charge in [0.05, 0.1) is 5.49 Å². The van der Waals surface area contributed by atoms with Crippen molar-refractivity contribution in [1.29, 1.82) is 0 Å². The van der Waals surface area contributed by atoms with Gasteiger partial charge in [0.1, 0.15) is 12.1 Å². The Balaban J connectivity index is 0.000000492. The maximum Gasteiger partial charge on any atom is 0.388 e. The molecule has 0 aromatic carbocycles. The SMILES string of the molecule is Cn1nc(OC(F)F)cc1-n1ccnc1.NC=S. The van der Waals surface area contributed by atoms with Crippen molar-refractivity contribution >= 4 is 17.7 Å². The Bertz CT molecular complexity index is 485. The number of imidazole rings is 1. The second kappa shape index (κ2) is 6.64. The van der Waals surface area contributed by atoms with E-state index in [2.05, 4.69) is 32.8 Å². The monoisotopic (exact) mass is 275 g/mol. The number of nitrogens with two attached hydrogens (primary N) is 1. The zero-order valence-corrected chi connectivity index (χ0v) is 10.2. The molecule has 0 bridgehead atoms. The maximum absolute atomic E-state index is 11.9. The largest absolute Gasteiger partial charge is 0.415 e. The molecule has 2 heterocycles. The summed E-state index contributed by atoms with van der Waals surface area (Å²) in [6.07, 6.45) is 4.81. The van der Waals surface area contributed by atoms with Crippen LogP contribution in [-0.2, 0) is 7.05 Å². The standard InChI is InChI=1S/C8H8F2N4O.CH3NS/c1-13-7(14-3-2-11-5-14)4-6(12-13)15-8(9)10;2-1-3/h2-5,8H,1H3;1H,(H2,2,3). The molecule has 2 rings (SSSR count). The third-order valence-corrected chi connectivity index (χ3v) is 1.81. The van der Waals surface area contributed by atoms with Gasteiger partial charge in [-0.15, -0.1) is 5.10 Å². The predicted molar refractivity (Wildman–Crippen MR) is 64.8 cm³/mol. The van der Waals surface area contributed by atoms with E-state index in [1.165, 1.54) is 10.7 Å². The summed E-state index contributed by atoms with van der Waals surface area (Å²) in [6.45, 7) is -2.87. The van der Waals surface area contributed by atoms with Crippen molar-refractivity contribution in [3.63, 3.8) is 0 Å². The Morgan fingerprint density at radius 2 is 2.22 bits per heavy atom. The molecule has 0 saturated carbocycles. The Morgan fingerprint density at radius 1 is 1.56 bits per heavy atom. The maximum atomic E-state index is 11.9. The van der Waals surface area contributed by atoms with E-state index in [0.717, 1.165) is 5.49 Å². The summed E-state index contributed by atoms with van der Waals surface area (Å²) >= 11 is 4.05. The first kappa shape index (κ1) is 14.0. The van der Waals surface area contributed by atoms with Crippen LogP contribution < -0.4 is 10.5 Å². The van der Waals surface area contributed by atoms with Crippen LogP contribution in [0.5, 0.6) is 5.88 Å². The predicted octanol–water partition coefficient (Wildman–Crippen LogP) is 1.11. The van der Waals surface area contributed by atoms with E-state index in [1.807, 2.05) is 0 Å². The van der Waals surface area contributed by atoms with Crippen LogP contribution in [0.15, 0.2) is 24.8 Å². The lowest BCUT2D eigenvalue weighted by Gasteiger charge is -1.99. The Morgan fingerprint density at radius 3 is 2.72 bits per heavy atom. The summed E-state index contributed by atoms with van der Waals surface area (Å²) in [6, 6.07) is 1.41. The minimum Gasteiger partial charge on any atom is -0.415 e. The molecule has 2 N–H and O–H groups in total. The molecule has 0 fully saturated rings. The highest BCUT2D eigenvalue weighted by Gasteiger charge is 2.11. The molecule has 18 heavy (non-hydrogen) atoms. The van der Waals surface area contributed by atoms with Crippen LogP contribution >= 0.6 is 12.2 Å². The summed E-state index contributed by atoms with van der Waals surface area (Å²) in [5.74, 6) is 0.486. The molecular formula is C9H11F2N5OS. The number of thiocarbonyl (C=S) groups is 1. The van der Waals surface area contributed by atoms with E-state index in [9.17, 15) is 8.78 Å². The third-order valence-electron chi connectivity index (χ3n) is 1.81. The molecular weight excluding hydrogens is 264 g/mol. The van der Waals surface area contributed by atoms with Crippen LogP contribution in [0, 0.1) is 0 Å². The summed E-state index contributed by atoms with van der Waals surface area (Å²) < 4.78 is 31.1. The summed E-state index contributed by atoms with van der Waals surface area (Å²) in [4.78, 5) is 3.84. The highest BCUT2D eigenvalue weighted by molar-refractivity contribution is 7.78. The average molecular weight is 275 g/mol. The lowest BCUT2D eigenvalue weighted by molar-refractivity contribution is -0.0531. The van der Waals surface area contributed by atoms with Crippen molar-refractivity contribution in [2.45, 2.75) is 6.61 Å². The number of halogens is 2. The van der Waals surface area contributed by atoms with Crippen molar-refractivity contribution in [3.05, 3.63) is 24.8 Å². The molecule has 0 radical (unpaired) electrons. The summed E-state index contributed by atoms with van der Waals surface area (Å²) in [5, 5.41) is 3.77. The number of nitrogens with zero attached hydrogens (tertiary/aromatic N) is 4. The van der Waals surface area contributed by atoms with Crippen LogP contribution in [0.3, 0.4) is 0 Å². The van der Waals surface area contributed by atoms with Gasteiger partial charge in [-0.05, 0) is 0 Å². The van der Waals surface area contributed by atoms with Crippen LogP contribution in [0.2, 0.25) is 0 Å². The van der Waals surface area contributed by atoms with Gasteiger partial charge < -0.3 is 10.5 Å². The van der Waals surface area contributed by atoms with Crippen LogP contribution in [0.1, 0.15) is 0 Å². The molecule has 2 aromatic rings. The van der Waals surface area contributed by atoms with E-state index in [0.29, 0.717) is 5.82 Å². The normalized spacial score (nSPS) is 9.78. The molecule has 0 unspecified atom stereocenters. The number of alkyl halides is 2. The van der Waals surface area contributed by atoms with Crippen molar-refractivity contribution in [1.82, 2.24) is 19.3 Å². The minimum atomic E-state index is -2.87. The van der Waals surface area contributed by atoms with E-state index in [4.69, 9.17) is 0 Å². The minimum absolute atomic E-state index is 0.115. The van der Waals surface area contributed by atoms with Gasteiger partial charge >= 0.3 is 6.61 Å². The first-order chi connectivity index (χ1) is 8.58. The molecule has 6 nitrogen and oxygen atoms in total. The summed E-state index contributed by atoms with van der Waals surface area (Å²) in [7, 11) is 1.63. The number of hydrogen-bond donors (Lipinski definition) is 1. The van der Waals surface area contributed by atoms with Crippen LogP contribution in [-0.4, -0.2) is 31.4 Å². The van der Waals surface area contributed by atoms with Crippen molar-refractivity contribution < 1.29 is 13.5 Å². The lowest BCUT2D eigenvalue weighted by Crippen LogP contribution is -2.03. The van der Waals surface area contributed by atoms with Gasteiger partial charge in [-0.25, -0.2) is 9.67 Å². The first-order valence-electron chi connectivity index (χ1n) is 4.71. The number of ether oxygens (including phenoxy) is 1. The topological polar surface area (TPSA) is 70.9 Å². The lowest BCUT2D eigenvalue weighted by atomic mass is 10.6. The second-order valence-electron chi connectivity index (χ2n) is 2.95. The average Bonchev–Trinajstić information content (AvgIpc) is 2.87. The molecule has 0 aliphatic heterocycles. The number of hydrogen-bond acceptors (Lipinski definition) is 4. The molecule has 0 atom stereocenters. The van der Waals surface area contributed by atoms with Crippen molar-refractivity contribution in [2.75, 3.05) is 0 Å². The van der Waals surface area contributed by atoms with Gasteiger partial charge in [0.15, 0.2) is 0 Å². The first-order valence-corrected chi connectivity index (χ1v) is 5.18. The molecule has 2 aromatic heterocycles.